The molecular weight excluding hydrogens is 272 g/mol. The fraction of sp³-hybridized carbons (Fsp3) is 0.0714. The van der Waals surface area contributed by atoms with Crippen molar-refractivity contribution in [1.82, 2.24) is 0 Å². The molecule has 0 atom stereocenters. The van der Waals surface area contributed by atoms with Gasteiger partial charge in [0.15, 0.2) is 0 Å². The molecule has 0 unspecified atom stereocenters. The minimum absolute atomic E-state index is 0.0341. The Morgan fingerprint density at radius 3 is 2.58 bits per heavy atom. The molecule has 0 saturated carbocycles. The van der Waals surface area contributed by atoms with Crippen molar-refractivity contribution >= 4 is 23.2 Å². The Morgan fingerprint density at radius 1 is 1.16 bits per heavy atom. The monoisotopic (exact) mass is 281 g/mol. The van der Waals surface area contributed by atoms with E-state index in [4.69, 9.17) is 11.6 Å². The van der Waals surface area contributed by atoms with Crippen LogP contribution in [-0.4, -0.2) is 5.91 Å². The molecule has 0 bridgehead atoms. The molecule has 2 aromatic rings. The number of para-hydroxylation sites is 1. The van der Waals surface area contributed by atoms with Crippen molar-refractivity contribution in [3.63, 3.8) is 0 Å². The highest BCUT2D eigenvalue weighted by Crippen LogP contribution is 2.21. The molecule has 0 spiro atoms. The molecule has 5 heteroatoms. The first-order chi connectivity index (χ1) is 8.99. The molecule has 2 aromatic carbocycles. The summed E-state index contributed by atoms with van der Waals surface area (Å²) in [6.45, 7) is 1.65. The quantitative estimate of drug-likeness (QED) is 0.879. The molecule has 0 fully saturated rings. The van der Waals surface area contributed by atoms with Crippen LogP contribution in [0.15, 0.2) is 36.4 Å². The van der Waals surface area contributed by atoms with Gasteiger partial charge in [-0.05, 0) is 36.8 Å². The molecule has 19 heavy (non-hydrogen) atoms. The summed E-state index contributed by atoms with van der Waals surface area (Å²) in [6.07, 6.45) is 0. The molecular formula is C14H10ClF2NO. The summed E-state index contributed by atoms with van der Waals surface area (Å²) in [6, 6.07) is 8.01. The second-order valence-electron chi connectivity index (χ2n) is 4.01. The molecule has 0 aromatic heterocycles. The van der Waals surface area contributed by atoms with E-state index in [1.807, 2.05) is 0 Å². The van der Waals surface area contributed by atoms with Crippen LogP contribution < -0.4 is 5.32 Å². The van der Waals surface area contributed by atoms with Crippen LogP contribution in [-0.2, 0) is 0 Å². The first-order valence-electron chi connectivity index (χ1n) is 5.50. The maximum atomic E-state index is 13.6. The fourth-order valence-electron chi connectivity index (χ4n) is 1.64. The third kappa shape index (κ3) is 2.90. The highest BCUT2D eigenvalue weighted by Gasteiger charge is 2.15. The van der Waals surface area contributed by atoms with Crippen molar-refractivity contribution in [2.75, 3.05) is 5.32 Å². The number of carbonyl (C=O) groups is 1. The van der Waals surface area contributed by atoms with Gasteiger partial charge in [0.25, 0.3) is 5.91 Å². The molecule has 2 nitrogen and oxygen atoms in total. The molecule has 0 heterocycles. The van der Waals surface area contributed by atoms with E-state index in [1.54, 1.807) is 13.0 Å². The van der Waals surface area contributed by atoms with Gasteiger partial charge in [-0.25, -0.2) is 8.78 Å². The number of aryl methyl sites for hydroxylation is 1. The third-order valence-corrected chi connectivity index (χ3v) is 2.87. The van der Waals surface area contributed by atoms with E-state index in [0.29, 0.717) is 5.56 Å². The minimum Gasteiger partial charge on any atom is -0.319 e. The normalized spacial score (nSPS) is 10.3. The van der Waals surface area contributed by atoms with Crippen molar-refractivity contribution in [3.05, 3.63) is 64.2 Å². The van der Waals surface area contributed by atoms with Crippen molar-refractivity contribution in [1.29, 1.82) is 0 Å². The van der Waals surface area contributed by atoms with E-state index < -0.39 is 17.5 Å². The predicted molar refractivity (Wildman–Crippen MR) is 70.5 cm³/mol. The number of benzene rings is 2. The second kappa shape index (κ2) is 5.36. The van der Waals surface area contributed by atoms with E-state index in [1.165, 1.54) is 24.3 Å². The summed E-state index contributed by atoms with van der Waals surface area (Å²) in [5.41, 5.74) is 0.359. The highest BCUT2D eigenvalue weighted by molar-refractivity contribution is 6.31. The fourth-order valence-corrected chi connectivity index (χ4v) is 1.81. The molecule has 2 rings (SSSR count). The maximum Gasteiger partial charge on any atom is 0.258 e. The molecule has 0 aliphatic carbocycles. The van der Waals surface area contributed by atoms with Crippen molar-refractivity contribution in [2.45, 2.75) is 6.92 Å². The van der Waals surface area contributed by atoms with E-state index in [-0.39, 0.29) is 16.3 Å². The first kappa shape index (κ1) is 13.5. The van der Waals surface area contributed by atoms with Crippen molar-refractivity contribution in [2.24, 2.45) is 0 Å². The minimum atomic E-state index is -0.742. The van der Waals surface area contributed by atoms with E-state index in [9.17, 15) is 13.6 Å². The Hall–Kier alpha value is -1.94. The first-order valence-corrected chi connectivity index (χ1v) is 5.88. The van der Waals surface area contributed by atoms with Gasteiger partial charge in [0.1, 0.15) is 11.6 Å². The largest absolute Gasteiger partial charge is 0.319 e. The summed E-state index contributed by atoms with van der Waals surface area (Å²) in [7, 11) is 0. The van der Waals surface area contributed by atoms with Gasteiger partial charge in [-0.2, -0.15) is 0 Å². The number of hydrogen-bond donors (Lipinski definition) is 1. The zero-order chi connectivity index (χ0) is 14.0. The zero-order valence-electron chi connectivity index (χ0n) is 10.0. The predicted octanol–water partition coefficient (Wildman–Crippen LogP) is 4.18. The van der Waals surface area contributed by atoms with Gasteiger partial charge < -0.3 is 5.32 Å². The van der Waals surface area contributed by atoms with Gasteiger partial charge in [-0.15, -0.1) is 0 Å². The Morgan fingerprint density at radius 2 is 1.89 bits per heavy atom. The Labute approximate surface area is 114 Å². The Bertz CT molecular complexity index is 623. The van der Waals surface area contributed by atoms with E-state index >= 15 is 0 Å². The smallest absolute Gasteiger partial charge is 0.258 e. The third-order valence-electron chi connectivity index (χ3n) is 2.63. The average molecular weight is 282 g/mol. The van der Waals surface area contributed by atoms with Gasteiger partial charge in [-0.1, -0.05) is 23.7 Å². The van der Waals surface area contributed by atoms with Crippen molar-refractivity contribution < 1.29 is 13.6 Å². The van der Waals surface area contributed by atoms with Crippen molar-refractivity contribution in [3.8, 4) is 0 Å². The summed E-state index contributed by atoms with van der Waals surface area (Å²) < 4.78 is 27.1. The molecule has 98 valence electrons. The van der Waals surface area contributed by atoms with Crippen LogP contribution in [0, 0.1) is 18.6 Å². The Kier molecular flexibility index (Phi) is 3.81. The van der Waals surface area contributed by atoms with Crippen LogP contribution in [0.4, 0.5) is 14.5 Å². The van der Waals surface area contributed by atoms with Gasteiger partial charge in [-0.3, -0.25) is 4.79 Å². The van der Waals surface area contributed by atoms with Gasteiger partial charge >= 0.3 is 0 Å². The molecule has 0 aliphatic rings. The van der Waals surface area contributed by atoms with Crippen LogP contribution in [0.3, 0.4) is 0 Å². The van der Waals surface area contributed by atoms with Crippen LogP contribution in [0.2, 0.25) is 5.02 Å². The number of hydrogen-bond acceptors (Lipinski definition) is 1. The van der Waals surface area contributed by atoms with Crippen LogP contribution in [0.1, 0.15) is 15.9 Å². The van der Waals surface area contributed by atoms with Gasteiger partial charge in [0.2, 0.25) is 0 Å². The number of nitrogens with one attached hydrogen (secondary N) is 1. The number of anilines is 1. The molecule has 0 radical (unpaired) electrons. The number of halogens is 3. The molecule has 0 aliphatic heterocycles. The van der Waals surface area contributed by atoms with Gasteiger partial charge in [0, 0.05) is 5.02 Å². The number of amides is 1. The number of rotatable bonds is 2. The lowest BCUT2D eigenvalue weighted by molar-refractivity contribution is 0.102. The highest BCUT2D eigenvalue weighted by atomic mass is 35.5. The summed E-state index contributed by atoms with van der Waals surface area (Å²) in [5, 5.41) is 2.58. The van der Waals surface area contributed by atoms with Crippen LogP contribution in [0.25, 0.3) is 0 Å². The maximum absolute atomic E-state index is 13.6. The zero-order valence-corrected chi connectivity index (χ0v) is 10.8. The lowest BCUT2D eigenvalue weighted by Crippen LogP contribution is -2.15. The molecule has 1 amide bonds. The second-order valence-corrected chi connectivity index (χ2v) is 4.45. The number of carbonyl (C=O) groups excluding carboxylic acids is 1. The lowest BCUT2D eigenvalue weighted by atomic mass is 10.1. The van der Waals surface area contributed by atoms with Crippen LogP contribution >= 0.6 is 11.6 Å². The average Bonchev–Trinajstić information content (AvgIpc) is 2.37. The summed E-state index contributed by atoms with van der Waals surface area (Å²) in [5.74, 6) is -2.03. The Balaban J connectivity index is 2.34. The lowest BCUT2D eigenvalue weighted by Gasteiger charge is -2.10. The standard InChI is InChI=1S/C14H10ClF2NO/c1-8-3-2-4-12(17)13(8)18-14(19)10-7-9(15)5-6-11(10)16/h2-7H,1H3,(H,18,19). The molecule has 1 N–H and O–H groups in total. The summed E-state index contributed by atoms with van der Waals surface area (Å²) in [4.78, 5) is 11.9. The summed E-state index contributed by atoms with van der Waals surface area (Å²) >= 11 is 5.71. The topological polar surface area (TPSA) is 29.1 Å². The van der Waals surface area contributed by atoms with Gasteiger partial charge in [0.05, 0.1) is 11.3 Å². The van der Waals surface area contributed by atoms with Crippen LogP contribution in [0.5, 0.6) is 0 Å². The molecule has 0 saturated heterocycles. The SMILES string of the molecule is Cc1cccc(F)c1NC(=O)c1cc(Cl)ccc1F. The van der Waals surface area contributed by atoms with E-state index in [0.717, 1.165) is 6.07 Å². The van der Waals surface area contributed by atoms with E-state index in [2.05, 4.69) is 5.32 Å².